The van der Waals surface area contributed by atoms with Crippen molar-refractivity contribution >= 4 is 28.0 Å². The lowest BCUT2D eigenvalue weighted by Gasteiger charge is -2.13. The van der Waals surface area contributed by atoms with Gasteiger partial charge in [0.15, 0.2) is 0 Å². The topological polar surface area (TPSA) is 59.1 Å². The van der Waals surface area contributed by atoms with Crippen LogP contribution in [0.3, 0.4) is 0 Å². The van der Waals surface area contributed by atoms with Crippen molar-refractivity contribution in [2.24, 2.45) is 0 Å². The van der Waals surface area contributed by atoms with E-state index in [1.165, 1.54) is 0 Å². The molecule has 0 radical (unpaired) electrons. The lowest BCUT2D eigenvalue weighted by atomic mass is 10.1. The summed E-state index contributed by atoms with van der Waals surface area (Å²) < 4.78 is 11.3. The first-order valence-electron chi connectivity index (χ1n) is 7.00. The fraction of sp³-hybridized carbons (Fsp3) is 0.375. The Bertz CT molecular complexity index is 710. The molecule has 1 aromatic heterocycles. The second-order valence-corrected chi connectivity index (χ2v) is 7.97. The lowest BCUT2D eigenvalue weighted by molar-refractivity contribution is 0.0940. The van der Waals surface area contributed by atoms with E-state index in [0.717, 1.165) is 21.1 Å². The zero-order valence-corrected chi connectivity index (χ0v) is 14.8. The van der Waals surface area contributed by atoms with Gasteiger partial charge in [-0.05, 0) is 38.5 Å². The summed E-state index contributed by atoms with van der Waals surface area (Å²) in [6, 6.07) is 7.20. The number of nitrogens with zero attached hydrogens (tertiary/aromatic N) is 1. The van der Waals surface area contributed by atoms with Crippen LogP contribution in [0.25, 0.3) is 0 Å². The van der Waals surface area contributed by atoms with Crippen molar-refractivity contribution < 1.29 is 9.00 Å². The predicted molar refractivity (Wildman–Crippen MR) is 91.7 cm³/mol. The molecule has 1 amide bonds. The Labute approximate surface area is 137 Å². The number of carbonyl (C=O) groups excluding carboxylic acids is 1. The van der Waals surface area contributed by atoms with Crippen LogP contribution in [0, 0.1) is 13.8 Å². The summed E-state index contributed by atoms with van der Waals surface area (Å²) >= 11 is 1.61. The normalized spacial score (nSPS) is 13.6. The SMILES string of the molecule is Cc1nc(C)c(C(C)NC(=O)c2cccc(CS(C)=O)c2)s1. The van der Waals surface area contributed by atoms with E-state index in [-0.39, 0.29) is 11.9 Å². The number of aromatic nitrogens is 1. The van der Waals surface area contributed by atoms with E-state index in [4.69, 9.17) is 0 Å². The van der Waals surface area contributed by atoms with Crippen LogP contribution in [-0.2, 0) is 16.6 Å². The van der Waals surface area contributed by atoms with Gasteiger partial charge >= 0.3 is 0 Å². The quantitative estimate of drug-likeness (QED) is 0.912. The highest BCUT2D eigenvalue weighted by Crippen LogP contribution is 2.24. The van der Waals surface area contributed by atoms with Crippen LogP contribution in [0.15, 0.2) is 24.3 Å². The van der Waals surface area contributed by atoms with Crippen LogP contribution in [0.5, 0.6) is 0 Å². The van der Waals surface area contributed by atoms with Gasteiger partial charge in [0, 0.05) is 33.2 Å². The van der Waals surface area contributed by atoms with Crippen molar-refractivity contribution in [1.82, 2.24) is 10.3 Å². The van der Waals surface area contributed by atoms with E-state index < -0.39 is 10.8 Å². The van der Waals surface area contributed by atoms with Gasteiger partial charge in [0.05, 0.1) is 16.7 Å². The molecular weight excluding hydrogens is 316 g/mol. The van der Waals surface area contributed by atoms with Crippen LogP contribution in [0.2, 0.25) is 0 Å². The molecule has 118 valence electrons. The molecule has 0 aliphatic rings. The first kappa shape index (κ1) is 16.8. The molecule has 4 nitrogen and oxygen atoms in total. The maximum atomic E-state index is 12.4. The molecule has 0 bridgehead atoms. The van der Waals surface area contributed by atoms with Gasteiger partial charge in [0.1, 0.15) is 0 Å². The maximum Gasteiger partial charge on any atom is 0.251 e. The van der Waals surface area contributed by atoms with E-state index in [1.807, 2.05) is 32.9 Å². The minimum atomic E-state index is -0.917. The number of nitrogens with one attached hydrogen (secondary N) is 1. The molecule has 0 saturated heterocycles. The highest BCUT2D eigenvalue weighted by atomic mass is 32.2. The van der Waals surface area contributed by atoms with Crippen molar-refractivity contribution in [2.75, 3.05) is 6.26 Å². The second-order valence-electron chi connectivity index (χ2n) is 5.30. The monoisotopic (exact) mass is 336 g/mol. The first-order chi connectivity index (χ1) is 10.4. The summed E-state index contributed by atoms with van der Waals surface area (Å²) in [6.45, 7) is 5.88. The molecule has 0 saturated carbocycles. The zero-order chi connectivity index (χ0) is 16.3. The predicted octanol–water partition coefficient (Wildman–Crippen LogP) is 3.13. The van der Waals surface area contributed by atoms with Crippen LogP contribution in [0.1, 0.15) is 44.5 Å². The zero-order valence-electron chi connectivity index (χ0n) is 13.2. The summed E-state index contributed by atoms with van der Waals surface area (Å²) in [5.74, 6) is 0.339. The van der Waals surface area contributed by atoms with E-state index in [1.54, 1.807) is 29.7 Å². The molecule has 1 aromatic carbocycles. The van der Waals surface area contributed by atoms with E-state index >= 15 is 0 Å². The molecule has 22 heavy (non-hydrogen) atoms. The standard InChI is InChI=1S/C16H20N2O2S2/c1-10-15(21-12(3)17-10)11(2)18-16(19)14-7-5-6-13(8-14)9-22(4)20/h5-8,11H,9H2,1-4H3,(H,18,19). The number of aryl methyl sites for hydroxylation is 2. The number of thiazole rings is 1. The van der Waals surface area contributed by atoms with Gasteiger partial charge in [-0.25, -0.2) is 4.98 Å². The summed E-state index contributed by atoms with van der Waals surface area (Å²) in [7, 11) is -0.917. The van der Waals surface area contributed by atoms with Crippen molar-refractivity contribution in [1.29, 1.82) is 0 Å². The van der Waals surface area contributed by atoms with Gasteiger partial charge < -0.3 is 5.32 Å². The fourth-order valence-corrected chi connectivity index (χ4v) is 3.91. The minimum Gasteiger partial charge on any atom is -0.345 e. The highest BCUT2D eigenvalue weighted by molar-refractivity contribution is 7.83. The Hall–Kier alpha value is -1.53. The van der Waals surface area contributed by atoms with Gasteiger partial charge in [-0.15, -0.1) is 11.3 Å². The number of amides is 1. The number of hydrogen-bond acceptors (Lipinski definition) is 4. The molecular formula is C16H20N2O2S2. The summed E-state index contributed by atoms with van der Waals surface area (Å²) in [4.78, 5) is 17.9. The Kier molecular flexibility index (Phi) is 5.47. The average Bonchev–Trinajstić information content (AvgIpc) is 2.77. The molecule has 1 N–H and O–H groups in total. The molecule has 2 atom stereocenters. The lowest BCUT2D eigenvalue weighted by Crippen LogP contribution is -2.26. The third-order valence-corrected chi connectivity index (χ3v) is 5.23. The second kappa shape index (κ2) is 7.15. The van der Waals surface area contributed by atoms with E-state index in [2.05, 4.69) is 10.3 Å². The molecule has 0 aliphatic carbocycles. The summed E-state index contributed by atoms with van der Waals surface area (Å²) in [5.41, 5.74) is 2.46. The largest absolute Gasteiger partial charge is 0.345 e. The smallest absolute Gasteiger partial charge is 0.251 e. The number of carbonyl (C=O) groups is 1. The highest BCUT2D eigenvalue weighted by Gasteiger charge is 2.16. The Morgan fingerprint density at radius 1 is 1.41 bits per heavy atom. The Morgan fingerprint density at radius 2 is 2.14 bits per heavy atom. The van der Waals surface area contributed by atoms with Crippen molar-refractivity contribution in [3.63, 3.8) is 0 Å². The van der Waals surface area contributed by atoms with Crippen molar-refractivity contribution in [3.8, 4) is 0 Å². The Balaban J connectivity index is 2.11. The summed E-state index contributed by atoms with van der Waals surface area (Å²) in [5, 5.41) is 4.00. The molecule has 2 unspecified atom stereocenters. The third-order valence-electron chi connectivity index (χ3n) is 3.24. The van der Waals surface area contributed by atoms with E-state index in [0.29, 0.717) is 11.3 Å². The third kappa shape index (κ3) is 4.24. The molecule has 0 fully saturated rings. The number of hydrogen-bond donors (Lipinski definition) is 1. The minimum absolute atomic E-state index is 0.0809. The van der Waals surface area contributed by atoms with Gasteiger partial charge in [0.25, 0.3) is 5.91 Å². The summed E-state index contributed by atoms with van der Waals surface area (Å²) in [6.07, 6.45) is 1.66. The van der Waals surface area contributed by atoms with Crippen LogP contribution >= 0.6 is 11.3 Å². The molecule has 2 aromatic rings. The van der Waals surface area contributed by atoms with Gasteiger partial charge in [-0.1, -0.05) is 12.1 Å². The molecule has 2 rings (SSSR count). The number of rotatable bonds is 5. The Morgan fingerprint density at radius 3 is 2.73 bits per heavy atom. The van der Waals surface area contributed by atoms with Gasteiger partial charge in [0.2, 0.25) is 0 Å². The average molecular weight is 336 g/mol. The van der Waals surface area contributed by atoms with Crippen LogP contribution in [-0.4, -0.2) is 21.4 Å². The van der Waals surface area contributed by atoms with Gasteiger partial charge in [-0.3, -0.25) is 9.00 Å². The van der Waals surface area contributed by atoms with E-state index in [9.17, 15) is 9.00 Å². The molecule has 0 aliphatic heterocycles. The van der Waals surface area contributed by atoms with Crippen molar-refractivity contribution in [3.05, 3.63) is 51.0 Å². The van der Waals surface area contributed by atoms with Crippen LogP contribution in [0.4, 0.5) is 0 Å². The number of benzene rings is 1. The van der Waals surface area contributed by atoms with Crippen LogP contribution < -0.4 is 5.32 Å². The molecule has 6 heteroatoms. The first-order valence-corrected chi connectivity index (χ1v) is 9.55. The van der Waals surface area contributed by atoms with Crippen molar-refractivity contribution in [2.45, 2.75) is 32.6 Å². The van der Waals surface area contributed by atoms with Gasteiger partial charge in [-0.2, -0.15) is 0 Å². The fourth-order valence-electron chi connectivity index (χ4n) is 2.33. The molecule has 1 heterocycles. The maximum absolute atomic E-state index is 12.4. The molecule has 0 spiro atoms.